The maximum atomic E-state index is 12.6. The summed E-state index contributed by atoms with van der Waals surface area (Å²) in [7, 11) is 0. The fourth-order valence-corrected chi connectivity index (χ4v) is 3.38. The van der Waals surface area contributed by atoms with Crippen molar-refractivity contribution >= 4 is 28.4 Å². The van der Waals surface area contributed by atoms with E-state index in [1.165, 1.54) is 10.9 Å². The summed E-state index contributed by atoms with van der Waals surface area (Å²) >= 11 is 6.06. The SMILES string of the molecule is CC1CN(C(=O)Cn2cnc3c(Cl)cccc3c2=O)CC(C)(C)O1. The first-order valence-corrected chi connectivity index (χ1v) is 8.24. The Morgan fingerprint density at radius 3 is 2.92 bits per heavy atom. The van der Waals surface area contributed by atoms with Crippen LogP contribution >= 0.6 is 11.6 Å². The van der Waals surface area contributed by atoms with Crippen LogP contribution in [0.2, 0.25) is 5.02 Å². The summed E-state index contributed by atoms with van der Waals surface area (Å²) in [6, 6.07) is 5.05. The van der Waals surface area contributed by atoms with Crippen molar-refractivity contribution in [3.05, 3.63) is 39.9 Å². The minimum atomic E-state index is -0.395. The number of carbonyl (C=O) groups excluding carboxylic acids is 1. The number of hydrogen-bond acceptors (Lipinski definition) is 4. The van der Waals surface area contributed by atoms with Crippen molar-refractivity contribution in [1.82, 2.24) is 14.5 Å². The summed E-state index contributed by atoms with van der Waals surface area (Å²) in [5.74, 6) is -0.122. The Kier molecular flexibility index (Phi) is 4.36. The van der Waals surface area contributed by atoms with E-state index in [-0.39, 0.29) is 24.1 Å². The molecule has 0 N–H and O–H groups in total. The lowest BCUT2D eigenvalue weighted by Crippen LogP contribution is -2.54. The third kappa shape index (κ3) is 3.30. The second kappa shape index (κ2) is 6.18. The molecule has 1 amide bonds. The van der Waals surface area contributed by atoms with Crippen molar-refractivity contribution in [3.63, 3.8) is 0 Å². The number of nitrogens with zero attached hydrogens (tertiary/aromatic N) is 3. The van der Waals surface area contributed by atoms with Crippen LogP contribution in [0, 0.1) is 0 Å². The number of ether oxygens (including phenoxy) is 1. The zero-order valence-corrected chi connectivity index (χ0v) is 14.7. The van der Waals surface area contributed by atoms with Gasteiger partial charge in [0.25, 0.3) is 5.56 Å². The molecule has 2 aromatic rings. The molecule has 128 valence electrons. The summed E-state index contributed by atoms with van der Waals surface area (Å²) < 4.78 is 7.14. The summed E-state index contributed by atoms with van der Waals surface area (Å²) in [6.07, 6.45) is 1.34. The number of fused-ring (bicyclic) bond motifs is 1. The van der Waals surface area contributed by atoms with Gasteiger partial charge in [-0.2, -0.15) is 0 Å². The first-order chi connectivity index (χ1) is 11.3. The number of aromatic nitrogens is 2. The van der Waals surface area contributed by atoms with Gasteiger partial charge in [-0.25, -0.2) is 4.98 Å². The van der Waals surface area contributed by atoms with E-state index >= 15 is 0 Å². The number of halogens is 1. The topological polar surface area (TPSA) is 64.4 Å². The van der Waals surface area contributed by atoms with Gasteiger partial charge in [-0.1, -0.05) is 17.7 Å². The highest BCUT2D eigenvalue weighted by molar-refractivity contribution is 6.34. The quantitative estimate of drug-likeness (QED) is 0.832. The van der Waals surface area contributed by atoms with Gasteiger partial charge in [0.2, 0.25) is 5.91 Å². The molecule has 0 radical (unpaired) electrons. The Labute approximate surface area is 145 Å². The minimum absolute atomic E-state index is 0.0389. The number of morpholine rings is 1. The van der Waals surface area contributed by atoms with Crippen LogP contribution in [0.5, 0.6) is 0 Å². The van der Waals surface area contributed by atoms with Crippen LogP contribution < -0.4 is 5.56 Å². The molecule has 0 aliphatic carbocycles. The number of para-hydroxylation sites is 1. The molecule has 1 aliphatic heterocycles. The minimum Gasteiger partial charge on any atom is -0.369 e. The molecule has 1 aliphatic rings. The van der Waals surface area contributed by atoms with Gasteiger partial charge < -0.3 is 9.64 Å². The lowest BCUT2D eigenvalue weighted by Gasteiger charge is -2.41. The van der Waals surface area contributed by atoms with E-state index in [1.807, 2.05) is 20.8 Å². The zero-order chi connectivity index (χ0) is 17.5. The smallest absolute Gasteiger partial charge is 0.261 e. The second-order valence-corrected chi connectivity index (χ2v) is 7.18. The molecule has 6 nitrogen and oxygen atoms in total. The standard InChI is InChI=1S/C17H20ClN3O3/c1-11-7-20(9-17(2,3)24-11)14(22)8-21-10-19-15-12(16(21)23)5-4-6-13(15)18/h4-6,10-11H,7-9H2,1-3H3. The monoisotopic (exact) mass is 349 g/mol. The molecule has 1 fully saturated rings. The van der Waals surface area contributed by atoms with Crippen molar-refractivity contribution < 1.29 is 9.53 Å². The number of benzene rings is 1. The molecule has 3 rings (SSSR count). The van der Waals surface area contributed by atoms with Gasteiger partial charge in [0.1, 0.15) is 6.54 Å². The van der Waals surface area contributed by atoms with Crippen molar-refractivity contribution in [2.45, 2.75) is 39.0 Å². The van der Waals surface area contributed by atoms with Crippen LogP contribution in [0.3, 0.4) is 0 Å². The third-order valence-corrected chi connectivity index (χ3v) is 4.34. The van der Waals surface area contributed by atoms with Crippen molar-refractivity contribution in [3.8, 4) is 0 Å². The molecule has 1 aromatic heterocycles. The molecule has 1 saturated heterocycles. The predicted molar refractivity (Wildman–Crippen MR) is 92.2 cm³/mol. The van der Waals surface area contributed by atoms with Gasteiger partial charge in [0.05, 0.1) is 34.0 Å². The van der Waals surface area contributed by atoms with Gasteiger partial charge >= 0.3 is 0 Å². The van der Waals surface area contributed by atoms with Crippen LogP contribution in [0.1, 0.15) is 20.8 Å². The maximum Gasteiger partial charge on any atom is 0.261 e. The Morgan fingerprint density at radius 1 is 1.46 bits per heavy atom. The number of carbonyl (C=O) groups is 1. The molecular weight excluding hydrogens is 330 g/mol. The highest BCUT2D eigenvalue weighted by Gasteiger charge is 2.33. The molecule has 1 atom stereocenters. The first-order valence-electron chi connectivity index (χ1n) is 7.86. The van der Waals surface area contributed by atoms with Crippen LogP contribution in [0.25, 0.3) is 10.9 Å². The second-order valence-electron chi connectivity index (χ2n) is 6.78. The van der Waals surface area contributed by atoms with Gasteiger partial charge in [-0.05, 0) is 32.9 Å². The van der Waals surface area contributed by atoms with E-state index in [0.717, 1.165) is 0 Å². The van der Waals surface area contributed by atoms with Crippen LogP contribution in [-0.4, -0.2) is 45.2 Å². The Bertz CT molecular complexity index is 847. The highest BCUT2D eigenvalue weighted by atomic mass is 35.5. The van der Waals surface area contributed by atoms with Crippen molar-refractivity contribution in [2.75, 3.05) is 13.1 Å². The lowest BCUT2D eigenvalue weighted by atomic mass is 10.1. The Hall–Kier alpha value is -1.92. The number of amides is 1. The maximum absolute atomic E-state index is 12.6. The van der Waals surface area contributed by atoms with Crippen LogP contribution in [0.15, 0.2) is 29.3 Å². The molecule has 24 heavy (non-hydrogen) atoms. The van der Waals surface area contributed by atoms with E-state index in [4.69, 9.17) is 16.3 Å². The number of rotatable bonds is 2. The highest BCUT2D eigenvalue weighted by Crippen LogP contribution is 2.21. The summed E-state index contributed by atoms with van der Waals surface area (Å²) in [4.78, 5) is 31.1. The fraction of sp³-hybridized carbons (Fsp3) is 0.471. The molecule has 1 unspecified atom stereocenters. The summed E-state index contributed by atoms with van der Waals surface area (Å²) in [5.41, 5.74) is -0.210. The van der Waals surface area contributed by atoms with E-state index in [2.05, 4.69) is 4.98 Å². The van der Waals surface area contributed by atoms with Crippen LogP contribution in [0.4, 0.5) is 0 Å². The Morgan fingerprint density at radius 2 is 2.21 bits per heavy atom. The molecule has 1 aromatic carbocycles. The largest absolute Gasteiger partial charge is 0.369 e. The van der Waals surface area contributed by atoms with Gasteiger partial charge in [-0.3, -0.25) is 14.2 Å². The van der Waals surface area contributed by atoms with Gasteiger partial charge in [0.15, 0.2) is 0 Å². The van der Waals surface area contributed by atoms with Crippen LogP contribution in [-0.2, 0) is 16.1 Å². The molecule has 0 saturated carbocycles. The van der Waals surface area contributed by atoms with Crippen molar-refractivity contribution in [2.24, 2.45) is 0 Å². The summed E-state index contributed by atoms with van der Waals surface area (Å²) in [6.45, 7) is 6.81. The van der Waals surface area contributed by atoms with E-state index < -0.39 is 5.60 Å². The lowest BCUT2D eigenvalue weighted by molar-refractivity contribution is -0.158. The first kappa shape index (κ1) is 16.9. The molecule has 0 bridgehead atoms. The predicted octanol–water partition coefficient (Wildman–Crippen LogP) is 2.08. The number of hydrogen-bond donors (Lipinski definition) is 0. The van der Waals surface area contributed by atoms with E-state index in [1.54, 1.807) is 23.1 Å². The van der Waals surface area contributed by atoms with E-state index in [0.29, 0.717) is 29.0 Å². The van der Waals surface area contributed by atoms with E-state index in [9.17, 15) is 9.59 Å². The fourth-order valence-electron chi connectivity index (χ4n) is 3.16. The molecule has 7 heteroatoms. The summed E-state index contributed by atoms with van der Waals surface area (Å²) in [5, 5.41) is 0.834. The van der Waals surface area contributed by atoms with Gasteiger partial charge in [-0.15, -0.1) is 0 Å². The van der Waals surface area contributed by atoms with Crippen molar-refractivity contribution in [1.29, 1.82) is 0 Å². The normalized spacial score (nSPS) is 20.3. The Balaban J connectivity index is 1.86. The molecule has 2 heterocycles. The van der Waals surface area contributed by atoms with Gasteiger partial charge in [0, 0.05) is 13.1 Å². The average molecular weight is 350 g/mol. The molecular formula is C17H20ClN3O3. The zero-order valence-electron chi connectivity index (χ0n) is 14.0. The average Bonchev–Trinajstić information content (AvgIpc) is 2.48. The third-order valence-electron chi connectivity index (χ3n) is 4.03. The molecule has 0 spiro atoms.